The van der Waals surface area contributed by atoms with Crippen molar-refractivity contribution >= 4 is 29.2 Å². The Bertz CT molecular complexity index is 862. The van der Waals surface area contributed by atoms with Crippen molar-refractivity contribution < 1.29 is 47.2 Å². The Kier molecular flexibility index (Phi) is 11.9. The predicted molar refractivity (Wildman–Crippen MR) is 123 cm³/mol. The lowest BCUT2D eigenvalue weighted by molar-refractivity contribution is -0.159. The number of hydrogen-bond acceptors (Lipinski definition) is 8. The Morgan fingerprint density at radius 1 is 0.944 bits per heavy atom. The summed E-state index contributed by atoms with van der Waals surface area (Å²) in [7, 11) is 0. The van der Waals surface area contributed by atoms with E-state index in [1.165, 1.54) is 6.07 Å². The lowest BCUT2D eigenvalue weighted by Crippen LogP contribution is -2.38. The number of morpholine rings is 2. The zero-order valence-corrected chi connectivity index (χ0v) is 19.7. The molecular formula is C22H31F3N4O7. The van der Waals surface area contributed by atoms with Crippen LogP contribution in [0.1, 0.15) is 12.0 Å². The van der Waals surface area contributed by atoms with Crippen LogP contribution in [-0.2, 0) is 30.0 Å². The molecule has 0 aliphatic carbocycles. The average Bonchev–Trinajstić information content (AvgIpc) is 2.85. The number of benzene rings is 1. The van der Waals surface area contributed by atoms with Crippen LogP contribution >= 0.6 is 0 Å². The predicted octanol–water partition coefficient (Wildman–Crippen LogP) is 0.948. The Labute approximate surface area is 206 Å². The number of aliphatic carboxylic acids is 2. The summed E-state index contributed by atoms with van der Waals surface area (Å²) in [6.07, 6.45) is -3.59. The van der Waals surface area contributed by atoms with Gasteiger partial charge in [0.1, 0.15) is 0 Å². The highest BCUT2D eigenvalue weighted by atomic mass is 19.4. The summed E-state index contributed by atoms with van der Waals surface area (Å²) in [4.78, 5) is 34.8. The highest BCUT2D eigenvalue weighted by molar-refractivity contribution is 6.27. The molecule has 2 saturated heterocycles. The minimum atomic E-state index is -4.47. The SMILES string of the molecule is O=C(CNCCCN1CCOCC1)Nc1cc(C(F)(F)F)ccc1N1CCOCC1.O=C(O)C(=O)O. The van der Waals surface area contributed by atoms with Gasteiger partial charge in [-0.25, -0.2) is 9.59 Å². The molecule has 2 heterocycles. The zero-order valence-electron chi connectivity index (χ0n) is 19.7. The molecule has 1 aromatic carbocycles. The van der Waals surface area contributed by atoms with Crippen molar-refractivity contribution in [3.05, 3.63) is 23.8 Å². The molecule has 3 rings (SSSR count). The molecule has 36 heavy (non-hydrogen) atoms. The fourth-order valence-electron chi connectivity index (χ4n) is 3.54. The molecule has 4 N–H and O–H groups in total. The van der Waals surface area contributed by atoms with Gasteiger partial charge in [0.25, 0.3) is 0 Å². The van der Waals surface area contributed by atoms with Gasteiger partial charge in [0.15, 0.2) is 0 Å². The Morgan fingerprint density at radius 3 is 2.08 bits per heavy atom. The second-order valence-corrected chi connectivity index (χ2v) is 7.97. The van der Waals surface area contributed by atoms with E-state index in [4.69, 9.17) is 29.3 Å². The first-order chi connectivity index (χ1) is 17.1. The first-order valence-electron chi connectivity index (χ1n) is 11.4. The maximum atomic E-state index is 13.1. The normalized spacial score (nSPS) is 16.6. The second-order valence-electron chi connectivity index (χ2n) is 7.97. The summed E-state index contributed by atoms with van der Waals surface area (Å²) >= 11 is 0. The maximum absolute atomic E-state index is 13.1. The van der Waals surface area contributed by atoms with E-state index in [2.05, 4.69) is 15.5 Å². The van der Waals surface area contributed by atoms with Crippen LogP contribution in [-0.4, -0.2) is 105 Å². The molecule has 0 bridgehead atoms. The van der Waals surface area contributed by atoms with Crippen LogP contribution in [0.3, 0.4) is 0 Å². The van der Waals surface area contributed by atoms with E-state index >= 15 is 0 Å². The molecule has 2 aliphatic rings. The van der Waals surface area contributed by atoms with Gasteiger partial charge in [-0.3, -0.25) is 9.69 Å². The third-order valence-corrected chi connectivity index (χ3v) is 5.35. The molecule has 0 unspecified atom stereocenters. The Balaban J connectivity index is 0.000000678. The van der Waals surface area contributed by atoms with Gasteiger partial charge >= 0.3 is 18.1 Å². The fourth-order valence-corrected chi connectivity index (χ4v) is 3.54. The Hall–Kier alpha value is -2.94. The minimum absolute atomic E-state index is 0.0436. The molecule has 11 nitrogen and oxygen atoms in total. The topological polar surface area (TPSA) is 141 Å². The van der Waals surface area contributed by atoms with E-state index in [0.717, 1.165) is 51.4 Å². The number of halogens is 3. The number of nitrogens with zero attached hydrogens (tertiary/aromatic N) is 2. The summed E-state index contributed by atoms with van der Waals surface area (Å²) < 4.78 is 50.1. The number of hydrogen-bond donors (Lipinski definition) is 4. The molecule has 1 aromatic rings. The largest absolute Gasteiger partial charge is 0.473 e. The van der Waals surface area contributed by atoms with Crippen LogP contribution in [0.15, 0.2) is 18.2 Å². The number of alkyl halides is 3. The second kappa shape index (κ2) is 14.6. The van der Waals surface area contributed by atoms with Crippen LogP contribution in [0.4, 0.5) is 24.5 Å². The number of carboxylic acid groups (broad SMARTS) is 2. The van der Waals surface area contributed by atoms with E-state index in [-0.39, 0.29) is 18.1 Å². The number of nitrogens with one attached hydrogen (secondary N) is 2. The lowest BCUT2D eigenvalue weighted by atomic mass is 10.1. The third kappa shape index (κ3) is 10.4. The maximum Gasteiger partial charge on any atom is 0.416 e. The quantitative estimate of drug-likeness (QED) is 0.289. The molecule has 202 valence electrons. The molecule has 0 aromatic heterocycles. The summed E-state index contributed by atoms with van der Waals surface area (Å²) in [6.45, 7) is 7.08. The van der Waals surface area contributed by atoms with E-state index < -0.39 is 23.7 Å². The fraction of sp³-hybridized carbons (Fsp3) is 0.591. The number of carboxylic acids is 2. The summed E-state index contributed by atoms with van der Waals surface area (Å²) in [5.41, 5.74) is -0.0351. The zero-order chi connectivity index (χ0) is 26.6. The number of anilines is 2. The van der Waals surface area contributed by atoms with Crippen LogP contribution < -0.4 is 15.5 Å². The van der Waals surface area contributed by atoms with Gasteiger partial charge in [-0.15, -0.1) is 0 Å². The number of ether oxygens (including phenoxy) is 2. The van der Waals surface area contributed by atoms with Gasteiger partial charge in [0.05, 0.1) is 49.9 Å². The number of carbonyl (C=O) groups is 3. The molecule has 0 spiro atoms. The molecule has 0 radical (unpaired) electrons. The van der Waals surface area contributed by atoms with Gasteiger partial charge in [-0.05, 0) is 37.7 Å². The van der Waals surface area contributed by atoms with Gasteiger partial charge in [-0.2, -0.15) is 13.2 Å². The van der Waals surface area contributed by atoms with Crippen molar-refractivity contribution in [1.82, 2.24) is 10.2 Å². The van der Waals surface area contributed by atoms with Crippen molar-refractivity contribution in [1.29, 1.82) is 0 Å². The molecule has 0 saturated carbocycles. The van der Waals surface area contributed by atoms with Gasteiger partial charge in [-0.1, -0.05) is 0 Å². The molecular weight excluding hydrogens is 489 g/mol. The van der Waals surface area contributed by atoms with Crippen molar-refractivity contribution in [2.24, 2.45) is 0 Å². The molecule has 0 atom stereocenters. The summed E-state index contributed by atoms with van der Waals surface area (Å²) in [6, 6.07) is 3.46. The van der Waals surface area contributed by atoms with E-state index in [9.17, 15) is 18.0 Å². The number of carbonyl (C=O) groups excluding carboxylic acids is 1. The van der Waals surface area contributed by atoms with Gasteiger partial charge < -0.3 is 35.2 Å². The third-order valence-electron chi connectivity index (χ3n) is 5.35. The van der Waals surface area contributed by atoms with Gasteiger partial charge in [0, 0.05) is 26.2 Å². The van der Waals surface area contributed by atoms with E-state index in [1.807, 2.05) is 4.90 Å². The molecule has 2 fully saturated rings. The van der Waals surface area contributed by atoms with Crippen LogP contribution in [0.5, 0.6) is 0 Å². The van der Waals surface area contributed by atoms with E-state index in [1.54, 1.807) is 0 Å². The standard InChI is InChI=1S/C20H29F3N4O3.C2H2O4/c21-20(22,23)16-2-3-18(27-8-12-30-13-9-27)17(14-16)25-19(28)15-24-4-1-5-26-6-10-29-11-7-26;3-1(4)2(5)6/h2-3,14,24H,1,4-13,15H2,(H,25,28);(H,3,4)(H,5,6). The highest BCUT2D eigenvalue weighted by Gasteiger charge is 2.32. The molecule has 1 amide bonds. The van der Waals surface area contributed by atoms with Crippen molar-refractivity contribution in [3.63, 3.8) is 0 Å². The molecule has 2 aliphatic heterocycles. The Morgan fingerprint density at radius 2 is 1.53 bits per heavy atom. The van der Waals surface area contributed by atoms with Crippen molar-refractivity contribution in [3.8, 4) is 0 Å². The minimum Gasteiger partial charge on any atom is -0.473 e. The van der Waals surface area contributed by atoms with Crippen LogP contribution in [0, 0.1) is 0 Å². The summed E-state index contributed by atoms with van der Waals surface area (Å²) in [5.74, 6) is -4.01. The van der Waals surface area contributed by atoms with Crippen LogP contribution in [0.2, 0.25) is 0 Å². The van der Waals surface area contributed by atoms with Crippen molar-refractivity contribution in [2.75, 3.05) is 82.5 Å². The lowest BCUT2D eigenvalue weighted by Gasteiger charge is -2.31. The monoisotopic (exact) mass is 520 g/mol. The summed E-state index contributed by atoms with van der Waals surface area (Å²) in [5, 5.41) is 20.5. The van der Waals surface area contributed by atoms with Gasteiger partial charge in [0.2, 0.25) is 5.91 Å². The first kappa shape index (κ1) is 29.3. The average molecular weight is 521 g/mol. The highest BCUT2D eigenvalue weighted by Crippen LogP contribution is 2.35. The number of amides is 1. The molecule has 14 heteroatoms. The van der Waals surface area contributed by atoms with Crippen molar-refractivity contribution in [2.45, 2.75) is 12.6 Å². The smallest absolute Gasteiger partial charge is 0.416 e. The first-order valence-corrected chi connectivity index (χ1v) is 11.4. The van der Waals surface area contributed by atoms with E-state index in [0.29, 0.717) is 38.5 Å². The van der Waals surface area contributed by atoms with Crippen LogP contribution in [0.25, 0.3) is 0 Å². The number of rotatable bonds is 8.